The van der Waals surface area contributed by atoms with E-state index in [0.717, 1.165) is 18.4 Å². The molecule has 0 saturated heterocycles. The highest BCUT2D eigenvalue weighted by atomic mass is 16.5. The number of aryl methyl sites for hydroxylation is 1. The van der Waals surface area contributed by atoms with E-state index >= 15 is 0 Å². The maximum absolute atomic E-state index is 12.9. The zero-order valence-corrected chi connectivity index (χ0v) is 17.6. The summed E-state index contributed by atoms with van der Waals surface area (Å²) in [6.07, 6.45) is 2.13. The van der Waals surface area contributed by atoms with E-state index in [4.69, 9.17) is 4.74 Å². The van der Waals surface area contributed by atoms with Gasteiger partial charge in [0.2, 0.25) is 5.91 Å². The number of rotatable bonds is 6. The molecule has 2 N–H and O–H groups in total. The molecule has 1 atom stereocenters. The van der Waals surface area contributed by atoms with E-state index in [0.29, 0.717) is 18.5 Å². The Bertz CT molecular complexity index is 713. The first-order valence-electron chi connectivity index (χ1n) is 9.90. The number of carbonyl (C=O) groups excluding carboxylic acids is 3. The SMILES string of the molecule is Cc1ccc(NC(=O)[C@@H](C)OC(=O)C2(CC(=O)NC(C)(C)C)CCCC2)cc1. The normalized spacial score (nSPS) is 16.9. The monoisotopic (exact) mass is 388 g/mol. The Kier molecular flexibility index (Phi) is 6.86. The quantitative estimate of drug-likeness (QED) is 0.727. The van der Waals surface area contributed by atoms with Crippen molar-refractivity contribution in [1.82, 2.24) is 5.32 Å². The molecule has 0 spiro atoms. The minimum atomic E-state index is -0.933. The van der Waals surface area contributed by atoms with Gasteiger partial charge in [-0.3, -0.25) is 14.4 Å². The molecule has 1 aliphatic carbocycles. The average molecular weight is 389 g/mol. The van der Waals surface area contributed by atoms with Crippen LogP contribution in [0.4, 0.5) is 5.69 Å². The van der Waals surface area contributed by atoms with Crippen molar-refractivity contribution in [1.29, 1.82) is 0 Å². The average Bonchev–Trinajstić information content (AvgIpc) is 3.04. The summed E-state index contributed by atoms with van der Waals surface area (Å²) in [5.41, 5.74) is 0.545. The molecule has 1 fully saturated rings. The van der Waals surface area contributed by atoms with Crippen LogP contribution < -0.4 is 10.6 Å². The van der Waals surface area contributed by atoms with Crippen molar-refractivity contribution >= 4 is 23.5 Å². The molecule has 28 heavy (non-hydrogen) atoms. The van der Waals surface area contributed by atoms with E-state index in [1.54, 1.807) is 19.1 Å². The molecule has 154 valence electrons. The second-order valence-corrected chi connectivity index (χ2v) is 8.87. The molecule has 0 radical (unpaired) electrons. The topological polar surface area (TPSA) is 84.5 Å². The van der Waals surface area contributed by atoms with Gasteiger partial charge in [-0.25, -0.2) is 0 Å². The highest BCUT2D eigenvalue weighted by Gasteiger charge is 2.45. The van der Waals surface area contributed by atoms with Crippen LogP contribution in [0.25, 0.3) is 0 Å². The van der Waals surface area contributed by atoms with E-state index in [9.17, 15) is 14.4 Å². The largest absolute Gasteiger partial charge is 0.452 e. The predicted octanol–water partition coefficient (Wildman–Crippen LogP) is 3.73. The molecule has 1 aromatic carbocycles. The van der Waals surface area contributed by atoms with Crippen LogP contribution >= 0.6 is 0 Å². The molecule has 0 unspecified atom stereocenters. The van der Waals surface area contributed by atoms with E-state index in [1.165, 1.54) is 0 Å². The van der Waals surface area contributed by atoms with Crippen LogP contribution in [0.1, 0.15) is 65.4 Å². The lowest BCUT2D eigenvalue weighted by Gasteiger charge is -2.29. The summed E-state index contributed by atoms with van der Waals surface area (Å²) in [6, 6.07) is 7.40. The fraction of sp³-hybridized carbons (Fsp3) is 0.591. The molecule has 6 heteroatoms. The third-order valence-electron chi connectivity index (χ3n) is 4.98. The summed E-state index contributed by atoms with van der Waals surface area (Å²) in [7, 11) is 0. The number of benzene rings is 1. The fourth-order valence-electron chi connectivity index (χ4n) is 3.49. The zero-order chi connectivity index (χ0) is 20.9. The summed E-state index contributed by atoms with van der Waals surface area (Å²) in [5.74, 6) is -1.01. The maximum Gasteiger partial charge on any atom is 0.313 e. The minimum absolute atomic E-state index is 0.0927. The fourth-order valence-corrected chi connectivity index (χ4v) is 3.49. The van der Waals surface area contributed by atoms with Crippen LogP contribution in [-0.4, -0.2) is 29.4 Å². The Morgan fingerprint density at radius 2 is 1.68 bits per heavy atom. The second-order valence-electron chi connectivity index (χ2n) is 8.87. The lowest BCUT2D eigenvalue weighted by molar-refractivity contribution is -0.165. The lowest BCUT2D eigenvalue weighted by atomic mass is 9.82. The highest BCUT2D eigenvalue weighted by molar-refractivity contribution is 5.96. The third kappa shape index (κ3) is 6.08. The molecule has 1 aromatic rings. The predicted molar refractivity (Wildman–Crippen MR) is 109 cm³/mol. The number of amides is 2. The molecule has 1 aliphatic rings. The van der Waals surface area contributed by atoms with Crippen LogP contribution in [0.15, 0.2) is 24.3 Å². The van der Waals surface area contributed by atoms with Gasteiger partial charge in [-0.05, 0) is 59.6 Å². The van der Waals surface area contributed by atoms with Crippen molar-refractivity contribution < 1.29 is 19.1 Å². The minimum Gasteiger partial charge on any atom is -0.452 e. The summed E-state index contributed by atoms with van der Waals surface area (Å²) in [5, 5.41) is 5.67. The van der Waals surface area contributed by atoms with Crippen molar-refractivity contribution in [2.45, 2.75) is 78.4 Å². The lowest BCUT2D eigenvalue weighted by Crippen LogP contribution is -2.45. The summed E-state index contributed by atoms with van der Waals surface area (Å²) < 4.78 is 5.50. The van der Waals surface area contributed by atoms with Gasteiger partial charge >= 0.3 is 5.97 Å². The Hall–Kier alpha value is -2.37. The third-order valence-corrected chi connectivity index (χ3v) is 4.98. The molecule has 0 bridgehead atoms. The van der Waals surface area contributed by atoms with Crippen LogP contribution in [0.5, 0.6) is 0 Å². The highest BCUT2D eigenvalue weighted by Crippen LogP contribution is 2.42. The van der Waals surface area contributed by atoms with Crippen LogP contribution in [0.2, 0.25) is 0 Å². The molecule has 2 amide bonds. The first-order valence-corrected chi connectivity index (χ1v) is 9.90. The number of ether oxygens (including phenoxy) is 1. The number of nitrogens with one attached hydrogen (secondary N) is 2. The number of hydrogen-bond acceptors (Lipinski definition) is 4. The number of anilines is 1. The molecule has 2 rings (SSSR count). The molecule has 0 aromatic heterocycles. The van der Waals surface area contributed by atoms with Gasteiger partial charge in [-0.2, -0.15) is 0 Å². The van der Waals surface area contributed by atoms with E-state index in [1.807, 2.05) is 39.8 Å². The second kappa shape index (κ2) is 8.76. The zero-order valence-electron chi connectivity index (χ0n) is 17.6. The van der Waals surface area contributed by atoms with Crippen molar-refractivity contribution in [2.24, 2.45) is 5.41 Å². The first-order chi connectivity index (χ1) is 13.0. The van der Waals surface area contributed by atoms with E-state index in [2.05, 4.69) is 10.6 Å². The summed E-state index contributed by atoms with van der Waals surface area (Å²) in [4.78, 5) is 37.7. The smallest absolute Gasteiger partial charge is 0.313 e. The molecule has 6 nitrogen and oxygen atoms in total. The van der Waals surface area contributed by atoms with Gasteiger partial charge in [0.25, 0.3) is 5.91 Å². The molecular weight excluding hydrogens is 356 g/mol. The Labute approximate surface area is 167 Å². The molecule has 0 heterocycles. The summed E-state index contributed by atoms with van der Waals surface area (Å²) >= 11 is 0. The van der Waals surface area contributed by atoms with Crippen LogP contribution in [-0.2, 0) is 19.1 Å². The van der Waals surface area contributed by atoms with Gasteiger partial charge < -0.3 is 15.4 Å². The van der Waals surface area contributed by atoms with Crippen LogP contribution in [0, 0.1) is 12.3 Å². The van der Waals surface area contributed by atoms with Gasteiger partial charge in [0, 0.05) is 17.6 Å². The van der Waals surface area contributed by atoms with Crippen molar-refractivity contribution in [3.8, 4) is 0 Å². The van der Waals surface area contributed by atoms with E-state index < -0.39 is 17.5 Å². The number of esters is 1. The Morgan fingerprint density at radius 1 is 1.11 bits per heavy atom. The maximum atomic E-state index is 12.9. The molecular formula is C22H32N2O4. The van der Waals surface area contributed by atoms with Crippen molar-refractivity contribution in [2.75, 3.05) is 5.32 Å². The molecule has 1 saturated carbocycles. The Morgan fingerprint density at radius 3 is 2.21 bits per heavy atom. The van der Waals surface area contributed by atoms with Crippen LogP contribution in [0.3, 0.4) is 0 Å². The van der Waals surface area contributed by atoms with E-state index in [-0.39, 0.29) is 23.8 Å². The summed E-state index contributed by atoms with van der Waals surface area (Å²) in [6.45, 7) is 9.23. The number of hydrogen-bond donors (Lipinski definition) is 2. The standard InChI is InChI=1S/C22H32N2O4/c1-15-8-10-17(11-9-15)23-19(26)16(2)28-20(27)22(12-6-7-13-22)14-18(25)24-21(3,4)5/h8-11,16H,6-7,12-14H2,1-5H3,(H,23,26)(H,24,25)/t16-/m1/s1. The van der Waals surface area contributed by atoms with Crippen molar-refractivity contribution in [3.63, 3.8) is 0 Å². The Balaban J connectivity index is 1.99. The number of carbonyl (C=O) groups is 3. The van der Waals surface area contributed by atoms with Gasteiger partial charge in [0.15, 0.2) is 6.10 Å². The van der Waals surface area contributed by atoms with Gasteiger partial charge in [0.1, 0.15) is 0 Å². The van der Waals surface area contributed by atoms with Gasteiger partial charge in [0.05, 0.1) is 5.41 Å². The van der Waals surface area contributed by atoms with Gasteiger partial charge in [-0.15, -0.1) is 0 Å². The first kappa shape index (κ1) is 21.9. The molecule has 0 aliphatic heterocycles. The van der Waals surface area contributed by atoms with Gasteiger partial charge in [-0.1, -0.05) is 30.5 Å². The van der Waals surface area contributed by atoms with Crippen molar-refractivity contribution in [3.05, 3.63) is 29.8 Å².